The molecule has 0 aliphatic carbocycles. The summed E-state index contributed by atoms with van der Waals surface area (Å²) < 4.78 is 6.21. The first-order valence-corrected chi connectivity index (χ1v) is 9.63. The highest BCUT2D eigenvalue weighted by atomic mass is 35.5. The van der Waals surface area contributed by atoms with Crippen molar-refractivity contribution in [2.24, 2.45) is 0 Å². The van der Waals surface area contributed by atoms with E-state index in [9.17, 15) is 0 Å². The van der Waals surface area contributed by atoms with Crippen LogP contribution in [-0.4, -0.2) is 13.8 Å². The highest BCUT2D eigenvalue weighted by Gasteiger charge is 2.35. The molecular weight excluding hydrogens is 271 g/mol. The van der Waals surface area contributed by atoms with Gasteiger partial charge in [-0.15, -0.1) is 11.6 Å². The molecule has 0 spiro atoms. The molecule has 0 N–H and O–H groups in total. The Labute approximate surface area is 114 Å². The molecule has 0 saturated carbocycles. The first kappa shape index (κ1) is 13.4. The van der Waals surface area contributed by atoms with Gasteiger partial charge in [-0.1, -0.05) is 43.0 Å². The SMILES string of the molecule is ClC[Si]1(OCc2ccc(Cl)cc2)CCCCC1. The normalized spacial score (nSPS) is 19.2. The maximum atomic E-state index is 6.21. The Hall–Kier alpha value is -0.0231. The van der Waals surface area contributed by atoms with Gasteiger partial charge < -0.3 is 4.43 Å². The summed E-state index contributed by atoms with van der Waals surface area (Å²) in [4.78, 5) is 0. The highest BCUT2D eigenvalue weighted by molar-refractivity contribution is 6.80. The van der Waals surface area contributed by atoms with Crippen molar-refractivity contribution in [1.29, 1.82) is 0 Å². The average molecular weight is 289 g/mol. The van der Waals surface area contributed by atoms with E-state index in [0.29, 0.717) is 6.61 Å². The lowest BCUT2D eigenvalue weighted by Crippen LogP contribution is -2.42. The molecule has 0 radical (unpaired) electrons. The number of benzene rings is 1. The van der Waals surface area contributed by atoms with E-state index in [0.717, 1.165) is 10.5 Å². The van der Waals surface area contributed by atoms with Crippen LogP contribution in [0.3, 0.4) is 0 Å². The molecule has 1 aromatic rings. The molecule has 1 heterocycles. The van der Waals surface area contributed by atoms with Crippen LogP contribution in [0.5, 0.6) is 0 Å². The zero-order valence-corrected chi connectivity index (χ0v) is 12.4. The summed E-state index contributed by atoms with van der Waals surface area (Å²) in [7, 11) is -1.62. The van der Waals surface area contributed by atoms with Crippen molar-refractivity contribution in [2.45, 2.75) is 38.0 Å². The van der Waals surface area contributed by atoms with Crippen molar-refractivity contribution < 1.29 is 4.43 Å². The van der Waals surface area contributed by atoms with E-state index < -0.39 is 8.32 Å². The lowest BCUT2D eigenvalue weighted by molar-refractivity contribution is 0.282. The minimum absolute atomic E-state index is 0.691. The Bertz CT molecular complexity index is 347. The fourth-order valence-corrected chi connectivity index (χ4v) is 6.63. The Kier molecular flexibility index (Phi) is 4.92. The fraction of sp³-hybridized carbons (Fsp3) is 0.538. The zero-order valence-electron chi connectivity index (χ0n) is 9.92. The second kappa shape index (κ2) is 6.23. The van der Waals surface area contributed by atoms with Gasteiger partial charge in [-0.3, -0.25) is 0 Å². The number of halogens is 2. The number of alkyl halides is 1. The average Bonchev–Trinajstić information content (AvgIpc) is 2.39. The third-order valence-corrected chi connectivity index (χ3v) is 8.95. The van der Waals surface area contributed by atoms with Gasteiger partial charge in [0.15, 0.2) is 0 Å². The molecule has 4 heteroatoms. The van der Waals surface area contributed by atoms with Crippen LogP contribution in [0.15, 0.2) is 24.3 Å². The van der Waals surface area contributed by atoms with Crippen LogP contribution >= 0.6 is 23.2 Å². The van der Waals surface area contributed by atoms with Crippen LogP contribution < -0.4 is 0 Å². The largest absolute Gasteiger partial charge is 0.411 e. The first-order valence-electron chi connectivity index (χ1n) is 6.18. The van der Waals surface area contributed by atoms with Crippen LogP contribution in [-0.2, 0) is 11.0 Å². The molecule has 0 aromatic heterocycles. The smallest absolute Gasteiger partial charge is 0.207 e. The van der Waals surface area contributed by atoms with Crippen molar-refractivity contribution in [3.05, 3.63) is 34.9 Å². The van der Waals surface area contributed by atoms with Gasteiger partial charge in [0, 0.05) is 10.5 Å². The molecule has 1 aromatic carbocycles. The topological polar surface area (TPSA) is 9.23 Å². The van der Waals surface area contributed by atoms with E-state index >= 15 is 0 Å². The van der Waals surface area contributed by atoms with Gasteiger partial charge in [0.1, 0.15) is 0 Å². The fourth-order valence-electron chi connectivity index (χ4n) is 2.33. The van der Waals surface area contributed by atoms with E-state index in [4.69, 9.17) is 27.6 Å². The monoisotopic (exact) mass is 288 g/mol. The predicted octanol–water partition coefficient (Wildman–Crippen LogP) is 4.76. The van der Waals surface area contributed by atoms with Crippen LogP contribution in [0.25, 0.3) is 0 Å². The van der Waals surface area contributed by atoms with Crippen molar-refractivity contribution in [2.75, 3.05) is 5.50 Å². The molecule has 94 valence electrons. The Morgan fingerprint density at radius 3 is 2.29 bits per heavy atom. The van der Waals surface area contributed by atoms with Gasteiger partial charge in [-0.05, 0) is 29.8 Å². The van der Waals surface area contributed by atoms with Gasteiger partial charge >= 0.3 is 0 Å². The molecule has 17 heavy (non-hydrogen) atoms. The lowest BCUT2D eigenvalue weighted by Gasteiger charge is -2.33. The number of hydrogen-bond donors (Lipinski definition) is 0. The van der Waals surface area contributed by atoms with E-state index in [2.05, 4.69) is 0 Å². The van der Waals surface area contributed by atoms with Crippen molar-refractivity contribution >= 4 is 31.5 Å². The van der Waals surface area contributed by atoms with E-state index in [1.54, 1.807) is 0 Å². The Morgan fingerprint density at radius 1 is 1.06 bits per heavy atom. The summed E-state index contributed by atoms with van der Waals surface area (Å²) >= 11 is 12.0. The lowest BCUT2D eigenvalue weighted by atomic mass is 10.2. The molecule has 0 bridgehead atoms. The summed E-state index contributed by atoms with van der Waals surface area (Å²) in [5.41, 5.74) is 1.93. The van der Waals surface area contributed by atoms with E-state index in [-0.39, 0.29) is 0 Å². The Morgan fingerprint density at radius 2 is 1.71 bits per heavy atom. The summed E-state index contributed by atoms with van der Waals surface area (Å²) in [6.07, 6.45) is 3.93. The van der Waals surface area contributed by atoms with Gasteiger partial charge in [0.05, 0.1) is 6.61 Å². The third-order valence-electron chi connectivity index (χ3n) is 3.47. The van der Waals surface area contributed by atoms with E-state index in [1.807, 2.05) is 24.3 Å². The van der Waals surface area contributed by atoms with Gasteiger partial charge in [-0.2, -0.15) is 0 Å². The minimum atomic E-state index is -1.62. The molecule has 0 amide bonds. The van der Waals surface area contributed by atoms with Gasteiger partial charge in [-0.25, -0.2) is 0 Å². The maximum Gasteiger partial charge on any atom is 0.207 e. The van der Waals surface area contributed by atoms with Crippen molar-refractivity contribution in [1.82, 2.24) is 0 Å². The maximum absolute atomic E-state index is 6.21. The predicted molar refractivity (Wildman–Crippen MR) is 76.2 cm³/mol. The molecule has 0 atom stereocenters. The first-order chi connectivity index (χ1) is 8.24. The molecule has 1 nitrogen and oxygen atoms in total. The molecular formula is C13H18Cl2OSi. The molecule has 0 unspecified atom stereocenters. The van der Waals surface area contributed by atoms with Gasteiger partial charge in [0.2, 0.25) is 8.32 Å². The number of hydrogen-bond acceptors (Lipinski definition) is 1. The quantitative estimate of drug-likeness (QED) is 0.573. The molecule has 1 aliphatic rings. The van der Waals surface area contributed by atoms with Crippen LogP contribution in [0.4, 0.5) is 0 Å². The summed E-state index contributed by atoms with van der Waals surface area (Å²) in [6, 6.07) is 10.3. The van der Waals surface area contributed by atoms with Crippen LogP contribution in [0.1, 0.15) is 24.8 Å². The van der Waals surface area contributed by atoms with Crippen LogP contribution in [0.2, 0.25) is 17.1 Å². The highest BCUT2D eigenvalue weighted by Crippen LogP contribution is 2.31. The standard InChI is InChI=1S/C13H18Cl2OSi/c14-11-17(8-2-1-3-9-17)16-10-12-4-6-13(15)7-5-12/h4-7H,1-3,8-11H2. The Balaban J connectivity index is 1.93. The van der Waals surface area contributed by atoms with Crippen LogP contribution in [0, 0.1) is 0 Å². The second-order valence-electron chi connectivity index (χ2n) is 4.79. The minimum Gasteiger partial charge on any atom is -0.411 e. The van der Waals surface area contributed by atoms with Crippen molar-refractivity contribution in [3.63, 3.8) is 0 Å². The summed E-state index contributed by atoms with van der Waals surface area (Å²) in [6.45, 7) is 0.691. The summed E-state index contributed by atoms with van der Waals surface area (Å²) in [5, 5.41) is 0.774. The molecule has 1 aliphatic heterocycles. The van der Waals surface area contributed by atoms with E-state index in [1.165, 1.54) is 36.9 Å². The van der Waals surface area contributed by atoms with Gasteiger partial charge in [0.25, 0.3) is 0 Å². The molecule has 1 fully saturated rings. The number of rotatable bonds is 4. The second-order valence-corrected chi connectivity index (χ2v) is 9.95. The molecule has 2 rings (SSSR count). The zero-order chi connectivity index (χ0) is 12.1. The molecule has 1 saturated heterocycles. The summed E-state index contributed by atoms with van der Waals surface area (Å²) in [5.74, 6) is 0. The van der Waals surface area contributed by atoms with Crippen molar-refractivity contribution in [3.8, 4) is 0 Å². The third kappa shape index (κ3) is 3.72.